The van der Waals surface area contributed by atoms with Gasteiger partial charge >= 0.3 is 0 Å². The molecule has 0 radical (unpaired) electrons. The van der Waals surface area contributed by atoms with Crippen molar-refractivity contribution < 1.29 is 0 Å². The molecule has 18 heavy (non-hydrogen) atoms. The van der Waals surface area contributed by atoms with Crippen LogP contribution in [-0.2, 0) is 6.42 Å². The highest BCUT2D eigenvalue weighted by atomic mass is 15.1. The second-order valence-electron chi connectivity index (χ2n) is 6.44. The van der Waals surface area contributed by atoms with Crippen molar-refractivity contribution in [3.05, 3.63) is 18.2 Å². The second-order valence-corrected chi connectivity index (χ2v) is 6.44. The zero-order chi connectivity index (χ0) is 13.8. The first-order valence-electron chi connectivity index (χ1n) is 7.12. The van der Waals surface area contributed by atoms with Crippen molar-refractivity contribution in [3.8, 4) is 0 Å². The Bertz CT molecular complexity index is 347. The van der Waals surface area contributed by atoms with Gasteiger partial charge in [0, 0.05) is 36.9 Å². The summed E-state index contributed by atoms with van der Waals surface area (Å²) in [5.74, 6) is 1.82. The number of aryl methyl sites for hydroxylation is 1. The van der Waals surface area contributed by atoms with E-state index in [4.69, 9.17) is 0 Å². The maximum absolute atomic E-state index is 4.49. The van der Waals surface area contributed by atoms with Gasteiger partial charge in [-0.3, -0.25) is 0 Å². The van der Waals surface area contributed by atoms with Crippen LogP contribution in [-0.4, -0.2) is 21.6 Å². The maximum Gasteiger partial charge on any atom is 0.108 e. The van der Waals surface area contributed by atoms with E-state index in [-0.39, 0.29) is 5.54 Å². The average molecular weight is 251 g/mol. The molecule has 104 valence electrons. The molecule has 1 unspecified atom stereocenters. The molecule has 3 heteroatoms. The Morgan fingerprint density at radius 1 is 1.33 bits per heavy atom. The van der Waals surface area contributed by atoms with E-state index in [2.05, 4.69) is 62.6 Å². The number of rotatable bonds is 6. The minimum atomic E-state index is 0.165. The van der Waals surface area contributed by atoms with E-state index in [1.54, 1.807) is 0 Å². The molecule has 0 aliphatic heterocycles. The van der Waals surface area contributed by atoms with Crippen molar-refractivity contribution in [2.24, 2.45) is 5.92 Å². The van der Waals surface area contributed by atoms with Gasteiger partial charge in [-0.05, 0) is 33.1 Å². The molecule has 0 saturated carbocycles. The fraction of sp³-hybridized carbons (Fsp3) is 0.800. The molecular formula is C15H29N3. The minimum absolute atomic E-state index is 0.165. The number of nitrogens with zero attached hydrogens (tertiary/aromatic N) is 2. The smallest absolute Gasteiger partial charge is 0.108 e. The van der Waals surface area contributed by atoms with Gasteiger partial charge in [-0.25, -0.2) is 4.98 Å². The number of imidazole rings is 1. The van der Waals surface area contributed by atoms with Gasteiger partial charge in [-0.1, -0.05) is 20.8 Å². The molecule has 0 saturated heterocycles. The van der Waals surface area contributed by atoms with Crippen LogP contribution in [0.3, 0.4) is 0 Å². The highest BCUT2D eigenvalue weighted by Gasteiger charge is 2.20. The van der Waals surface area contributed by atoms with Crippen LogP contribution in [0.4, 0.5) is 0 Å². The standard InChI is InChI=1S/C15H29N3/c1-7-8-14-16-9-10-18(14)13(12(2)3)11-17-15(4,5)6/h9-10,12-13,17H,7-8,11H2,1-6H3. The molecule has 3 nitrogen and oxygen atoms in total. The number of hydrogen-bond acceptors (Lipinski definition) is 2. The van der Waals surface area contributed by atoms with Gasteiger partial charge in [0.2, 0.25) is 0 Å². The van der Waals surface area contributed by atoms with Crippen LogP contribution in [0, 0.1) is 5.92 Å². The third kappa shape index (κ3) is 4.45. The first-order valence-corrected chi connectivity index (χ1v) is 7.12. The third-order valence-corrected chi connectivity index (χ3v) is 3.19. The van der Waals surface area contributed by atoms with Crippen LogP contribution in [0.15, 0.2) is 12.4 Å². The summed E-state index contributed by atoms with van der Waals surface area (Å²) in [7, 11) is 0. The lowest BCUT2D eigenvalue weighted by molar-refractivity contribution is 0.306. The van der Waals surface area contributed by atoms with Crippen molar-refractivity contribution in [2.75, 3.05) is 6.54 Å². The van der Waals surface area contributed by atoms with E-state index >= 15 is 0 Å². The summed E-state index contributed by atoms with van der Waals surface area (Å²) in [5.41, 5.74) is 0.165. The summed E-state index contributed by atoms with van der Waals surface area (Å²) in [4.78, 5) is 4.49. The van der Waals surface area contributed by atoms with E-state index in [0.717, 1.165) is 19.4 Å². The molecule has 0 fully saturated rings. The van der Waals surface area contributed by atoms with Crippen molar-refractivity contribution in [1.82, 2.24) is 14.9 Å². The SMILES string of the molecule is CCCc1nccn1C(CNC(C)(C)C)C(C)C. The summed E-state index contributed by atoms with van der Waals surface area (Å²) in [6, 6.07) is 0.480. The zero-order valence-corrected chi connectivity index (χ0v) is 12.8. The lowest BCUT2D eigenvalue weighted by atomic mass is 10.0. The second kappa shape index (κ2) is 6.37. The van der Waals surface area contributed by atoms with Crippen LogP contribution in [0.2, 0.25) is 0 Å². The van der Waals surface area contributed by atoms with Gasteiger partial charge in [-0.2, -0.15) is 0 Å². The Morgan fingerprint density at radius 2 is 2.00 bits per heavy atom. The van der Waals surface area contributed by atoms with Crippen LogP contribution in [0.5, 0.6) is 0 Å². The molecule has 1 atom stereocenters. The Balaban J connectivity index is 2.80. The molecule has 0 aliphatic rings. The third-order valence-electron chi connectivity index (χ3n) is 3.19. The molecule has 1 heterocycles. The fourth-order valence-corrected chi connectivity index (χ4v) is 2.13. The molecule has 1 rings (SSSR count). The monoisotopic (exact) mass is 251 g/mol. The van der Waals surface area contributed by atoms with Crippen LogP contribution < -0.4 is 5.32 Å². The van der Waals surface area contributed by atoms with E-state index in [1.165, 1.54) is 5.82 Å². The van der Waals surface area contributed by atoms with E-state index in [9.17, 15) is 0 Å². The summed E-state index contributed by atoms with van der Waals surface area (Å²) in [6.45, 7) is 14.4. The van der Waals surface area contributed by atoms with E-state index in [0.29, 0.717) is 12.0 Å². The normalized spacial score (nSPS) is 14.2. The molecule has 0 amide bonds. The van der Waals surface area contributed by atoms with Crippen molar-refractivity contribution >= 4 is 0 Å². The van der Waals surface area contributed by atoms with Crippen molar-refractivity contribution in [1.29, 1.82) is 0 Å². The molecular weight excluding hydrogens is 222 g/mol. The predicted molar refractivity (Wildman–Crippen MR) is 77.9 cm³/mol. The highest BCUT2D eigenvalue weighted by Crippen LogP contribution is 2.20. The molecule has 0 spiro atoms. The first-order chi connectivity index (χ1) is 8.35. The van der Waals surface area contributed by atoms with E-state index in [1.807, 2.05) is 6.20 Å². The van der Waals surface area contributed by atoms with Gasteiger partial charge in [0.1, 0.15) is 5.82 Å². The van der Waals surface area contributed by atoms with Gasteiger partial charge in [0.15, 0.2) is 0 Å². The highest BCUT2D eigenvalue weighted by molar-refractivity contribution is 4.97. The molecule has 1 aromatic heterocycles. The van der Waals surface area contributed by atoms with Crippen molar-refractivity contribution in [2.45, 2.75) is 66.0 Å². The Morgan fingerprint density at radius 3 is 2.50 bits per heavy atom. The minimum Gasteiger partial charge on any atom is -0.330 e. The lowest BCUT2D eigenvalue weighted by Gasteiger charge is -2.29. The maximum atomic E-state index is 4.49. The Labute approximate surface area is 112 Å². The summed E-state index contributed by atoms with van der Waals surface area (Å²) < 4.78 is 2.35. The Kier molecular flexibility index (Phi) is 5.39. The quantitative estimate of drug-likeness (QED) is 0.839. The summed E-state index contributed by atoms with van der Waals surface area (Å²) >= 11 is 0. The number of hydrogen-bond donors (Lipinski definition) is 1. The molecule has 1 N–H and O–H groups in total. The van der Waals surface area contributed by atoms with Gasteiger partial charge in [0.05, 0.1) is 0 Å². The molecule has 0 bridgehead atoms. The van der Waals surface area contributed by atoms with Gasteiger partial charge < -0.3 is 9.88 Å². The summed E-state index contributed by atoms with van der Waals surface area (Å²) in [6.07, 6.45) is 6.26. The number of nitrogens with one attached hydrogen (secondary N) is 1. The van der Waals surface area contributed by atoms with Gasteiger partial charge in [0.25, 0.3) is 0 Å². The Hall–Kier alpha value is -0.830. The molecule has 1 aromatic rings. The first kappa shape index (κ1) is 15.2. The topological polar surface area (TPSA) is 29.9 Å². The largest absolute Gasteiger partial charge is 0.330 e. The average Bonchev–Trinajstić information content (AvgIpc) is 2.65. The summed E-state index contributed by atoms with van der Waals surface area (Å²) in [5, 5.41) is 3.61. The zero-order valence-electron chi connectivity index (χ0n) is 12.8. The lowest BCUT2D eigenvalue weighted by Crippen LogP contribution is -2.41. The van der Waals surface area contributed by atoms with Gasteiger partial charge in [-0.15, -0.1) is 0 Å². The molecule has 0 aromatic carbocycles. The number of aromatic nitrogens is 2. The van der Waals surface area contributed by atoms with Crippen molar-refractivity contribution in [3.63, 3.8) is 0 Å². The van der Waals surface area contributed by atoms with Crippen LogP contribution in [0.25, 0.3) is 0 Å². The predicted octanol–water partition coefficient (Wildman–Crippen LogP) is 3.42. The molecule has 0 aliphatic carbocycles. The van der Waals surface area contributed by atoms with Crippen LogP contribution >= 0.6 is 0 Å². The van der Waals surface area contributed by atoms with E-state index < -0.39 is 0 Å². The van der Waals surface area contributed by atoms with Crippen LogP contribution in [0.1, 0.15) is 59.8 Å². The fourth-order valence-electron chi connectivity index (χ4n) is 2.13.